The first-order chi connectivity index (χ1) is 14.5. The number of hydrogen-bond donors (Lipinski definition) is 1. The van der Waals surface area contributed by atoms with Crippen molar-refractivity contribution in [2.24, 2.45) is 0 Å². The van der Waals surface area contributed by atoms with Crippen molar-refractivity contribution in [2.75, 3.05) is 7.11 Å². The Morgan fingerprint density at radius 1 is 1.23 bits per heavy atom. The summed E-state index contributed by atoms with van der Waals surface area (Å²) in [5, 5.41) is 11.0. The van der Waals surface area contributed by atoms with Crippen LogP contribution < -0.4 is 4.74 Å². The number of ether oxygens (including phenoxy) is 1. The van der Waals surface area contributed by atoms with Gasteiger partial charge in [0, 0.05) is 6.20 Å². The Morgan fingerprint density at radius 2 is 2.07 bits per heavy atom. The van der Waals surface area contributed by atoms with Crippen LogP contribution in [0.1, 0.15) is 23.1 Å². The van der Waals surface area contributed by atoms with E-state index in [1.807, 2.05) is 0 Å². The number of rotatable bonds is 5. The molecule has 3 aromatic rings. The number of hydrogen-bond acceptors (Lipinski definition) is 6. The molecule has 1 unspecified atom stereocenters. The van der Waals surface area contributed by atoms with Crippen LogP contribution in [-0.4, -0.2) is 33.8 Å². The fourth-order valence-electron chi connectivity index (χ4n) is 3.47. The minimum Gasteiger partial charge on any atom is -0.507 e. The molecule has 4 rings (SSSR count). The topological polar surface area (TPSA) is 92.9 Å². The van der Waals surface area contributed by atoms with E-state index >= 15 is 0 Å². The third-order valence-electron chi connectivity index (χ3n) is 4.83. The molecule has 0 saturated carbocycles. The maximum Gasteiger partial charge on any atom is 0.296 e. The zero-order valence-electron chi connectivity index (χ0n) is 15.9. The highest BCUT2D eigenvalue weighted by atomic mass is 19.1. The number of halogens is 1. The summed E-state index contributed by atoms with van der Waals surface area (Å²) in [5.41, 5.74) is 0.142. The number of carbonyl (C=O) groups is 2. The molecule has 0 bridgehead atoms. The number of nitrogens with zero attached hydrogens (tertiary/aromatic N) is 2. The van der Waals surface area contributed by atoms with Gasteiger partial charge >= 0.3 is 0 Å². The van der Waals surface area contributed by atoms with Crippen LogP contribution in [0.5, 0.6) is 5.75 Å². The van der Waals surface area contributed by atoms with E-state index in [-0.39, 0.29) is 23.4 Å². The SMILES string of the molecule is COc1ccc(F)cc1/C(O)=C1\C(=O)C(=O)N(Cc2ccco2)C1c1ccccn1. The predicted molar refractivity (Wildman–Crippen MR) is 104 cm³/mol. The number of likely N-dealkylation sites (tertiary alicyclic amines) is 1. The van der Waals surface area contributed by atoms with Gasteiger partial charge in [-0.25, -0.2) is 4.39 Å². The van der Waals surface area contributed by atoms with Gasteiger partial charge in [0.15, 0.2) is 0 Å². The van der Waals surface area contributed by atoms with Crippen LogP contribution in [0.2, 0.25) is 0 Å². The Labute approximate surface area is 171 Å². The van der Waals surface area contributed by atoms with Crippen LogP contribution in [0.15, 0.2) is 71.0 Å². The zero-order valence-corrected chi connectivity index (χ0v) is 15.9. The molecule has 0 radical (unpaired) electrons. The van der Waals surface area contributed by atoms with E-state index in [9.17, 15) is 19.1 Å². The second-order valence-electron chi connectivity index (χ2n) is 6.61. The molecule has 1 fully saturated rings. The number of furan rings is 1. The van der Waals surface area contributed by atoms with Gasteiger partial charge < -0.3 is 19.2 Å². The molecule has 152 valence electrons. The summed E-state index contributed by atoms with van der Waals surface area (Å²) in [6.07, 6.45) is 2.98. The van der Waals surface area contributed by atoms with Crippen molar-refractivity contribution in [3.8, 4) is 5.75 Å². The van der Waals surface area contributed by atoms with Crippen molar-refractivity contribution in [1.82, 2.24) is 9.88 Å². The van der Waals surface area contributed by atoms with Crippen LogP contribution in [0.4, 0.5) is 4.39 Å². The summed E-state index contributed by atoms with van der Waals surface area (Å²) in [5.74, 6) is -2.27. The predicted octanol–water partition coefficient (Wildman–Crippen LogP) is 3.44. The van der Waals surface area contributed by atoms with Crippen LogP contribution in [0, 0.1) is 5.82 Å². The largest absolute Gasteiger partial charge is 0.507 e. The molecular formula is C22H17FN2O5. The first-order valence-electron chi connectivity index (χ1n) is 9.07. The lowest BCUT2D eigenvalue weighted by atomic mass is 9.97. The van der Waals surface area contributed by atoms with Crippen molar-refractivity contribution in [3.05, 3.63) is 89.4 Å². The van der Waals surface area contributed by atoms with Gasteiger partial charge in [0.2, 0.25) is 0 Å². The molecule has 3 heterocycles. The van der Waals surface area contributed by atoms with Gasteiger partial charge in [0.05, 0.1) is 36.7 Å². The molecule has 7 nitrogen and oxygen atoms in total. The van der Waals surface area contributed by atoms with Gasteiger partial charge in [0.25, 0.3) is 11.7 Å². The minimum atomic E-state index is -0.982. The molecular weight excluding hydrogens is 391 g/mol. The van der Waals surface area contributed by atoms with Gasteiger partial charge in [-0.2, -0.15) is 0 Å². The molecule has 1 N–H and O–H groups in total. The number of aliphatic hydroxyl groups is 1. The smallest absolute Gasteiger partial charge is 0.296 e. The Kier molecular flexibility index (Phi) is 5.05. The van der Waals surface area contributed by atoms with Crippen LogP contribution in [-0.2, 0) is 16.1 Å². The standard InChI is InChI=1S/C22H17FN2O5/c1-29-17-8-7-13(23)11-15(17)20(26)18-19(16-6-2-3-9-24-16)25(22(28)21(18)27)12-14-5-4-10-30-14/h2-11,19,26H,12H2,1H3/b20-18+. The molecule has 1 aliphatic rings. The first-order valence-corrected chi connectivity index (χ1v) is 9.07. The Bertz CT molecular complexity index is 1130. The summed E-state index contributed by atoms with van der Waals surface area (Å²) in [7, 11) is 1.36. The second-order valence-corrected chi connectivity index (χ2v) is 6.61. The minimum absolute atomic E-state index is 0.00409. The quantitative estimate of drug-likeness (QED) is 0.395. The molecule has 1 saturated heterocycles. The lowest BCUT2D eigenvalue weighted by Gasteiger charge is -2.23. The third kappa shape index (κ3) is 3.32. The molecule has 1 aromatic carbocycles. The lowest BCUT2D eigenvalue weighted by Crippen LogP contribution is -2.29. The number of aliphatic hydroxyl groups excluding tert-OH is 1. The first kappa shape index (κ1) is 19.4. The van der Waals surface area contributed by atoms with E-state index in [0.717, 1.165) is 6.07 Å². The number of carbonyl (C=O) groups excluding carboxylic acids is 2. The zero-order chi connectivity index (χ0) is 21.3. The number of ketones is 1. The maximum absolute atomic E-state index is 13.9. The molecule has 1 aliphatic heterocycles. The second kappa shape index (κ2) is 7.82. The van der Waals surface area contributed by atoms with Crippen molar-refractivity contribution < 1.29 is 28.2 Å². The third-order valence-corrected chi connectivity index (χ3v) is 4.83. The molecule has 2 aromatic heterocycles. The van der Waals surface area contributed by atoms with Crippen molar-refractivity contribution >= 4 is 17.4 Å². The van der Waals surface area contributed by atoms with E-state index in [0.29, 0.717) is 11.5 Å². The van der Waals surface area contributed by atoms with E-state index in [4.69, 9.17) is 9.15 Å². The summed E-state index contributed by atoms with van der Waals surface area (Å²) >= 11 is 0. The normalized spacial score (nSPS) is 18.1. The van der Waals surface area contributed by atoms with E-state index < -0.39 is 29.3 Å². The Hall–Kier alpha value is -3.94. The monoisotopic (exact) mass is 408 g/mol. The van der Waals surface area contributed by atoms with Crippen LogP contribution >= 0.6 is 0 Å². The van der Waals surface area contributed by atoms with E-state index in [1.165, 1.54) is 36.6 Å². The molecule has 0 aliphatic carbocycles. The van der Waals surface area contributed by atoms with Crippen molar-refractivity contribution in [1.29, 1.82) is 0 Å². The Morgan fingerprint density at radius 3 is 2.73 bits per heavy atom. The fourth-order valence-corrected chi connectivity index (χ4v) is 3.47. The summed E-state index contributed by atoms with van der Waals surface area (Å²) < 4.78 is 24.4. The van der Waals surface area contributed by atoms with Crippen molar-refractivity contribution in [2.45, 2.75) is 12.6 Å². The average Bonchev–Trinajstić information content (AvgIpc) is 3.36. The Balaban J connectivity index is 1.90. The van der Waals surface area contributed by atoms with Gasteiger partial charge in [-0.1, -0.05) is 6.07 Å². The van der Waals surface area contributed by atoms with Crippen LogP contribution in [0.25, 0.3) is 5.76 Å². The van der Waals surface area contributed by atoms with Crippen LogP contribution in [0.3, 0.4) is 0 Å². The maximum atomic E-state index is 13.9. The number of benzene rings is 1. The lowest BCUT2D eigenvalue weighted by molar-refractivity contribution is -0.140. The van der Waals surface area contributed by atoms with Gasteiger partial charge in [-0.15, -0.1) is 0 Å². The highest BCUT2D eigenvalue weighted by molar-refractivity contribution is 6.46. The number of Topliss-reactive ketones (excluding diaryl/α,β-unsaturated/α-hetero) is 1. The number of pyridine rings is 1. The average molecular weight is 408 g/mol. The molecule has 30 heavy (non-hydrogen) atoms. The summed E-state index contributed by atoms with van der Waals surface area (Å²) in [6, 6.07) is 10.9. The molecule has 8 heteroatoms. The summed E-state index contributed by atoms with van der Waals surface area (Å²) in [4.78, 5) is 31.3. The molecule has 1 amide bonds. The number of aromatic nitrogens is 1. The molecule has 0 spiro atoms. The fraction of sp³-hybridized carbons (Fsp3) is 0.136. The highest BCUT2D eigenvalue weighted by Crippen LogP contribution is 2.41. The molecule has 1 atom stereocenters. The number of amides is 1. The highest BCUT2D eigenvalue weighted by Gasteiger charge is 2.47. The number of methoxy groups -OCH3 is 1. The van der Waals surface area contributed by atoms with E-state index in [1.54, 1.807) is 30.3 Å². The van der Waals surface area contributed by atoms with Gasteiger partial charge in [0.1, 0.15) is 29.1 Å². The summed E-state index contributed by atoms with van der Waals surface area (Å²) in [6.45, 7) is -0.00409. The van der Waals surface area contributed by atoms with E-state index in [2.05, 4.69) is 4.98 Å². The van der Waals surface area contributed by atoms with Crippen molar-refractivity contribution in [3.63, 3.8) is 0 Å². The van der Waals surface area contributed by atoms with Gasteiger partial charge in [-0.3, -0.25) is 14.6 Å². The van der Waals surface area contributed by atoms with Gasteiger partial charge in [-0.05, 0) is 42.5 Å².